The van der Waals surface area contributed by atoms with Crippen molar-refractivity contribution in [3.63, 3.8) is 0 Å². The first-order valence-corrected chi connectivity index (χ1v) is 9.03. The second-order valence-electron chi connectivity index (χ2n) is 4.03. The molecule has 0 saturated heterocycles. The smallest absolute Gasteiger partial charge is 0.326 e. The Morgan fingerprint density at radius 1 is 1.50 bits per heavy atom. The van der Waals surface area contributed by atoms with Crippen molar-refractivity contribution in [2.75, 3.05) is 18.6 Å². The SMILES string of the molecule is CSCC[C@@H](NC(=O)NCCc1ccc(Br)s1)C(=O)O. The van der Waals surface area contributed by atoms with Crippen LogP contribution >= 0.6 is 39.0 Å². The number of thiophene rings is 1. The minimum Gasteiger partial charge on any atom is -0.480 e. The first-order chi connectivity index (χ1) is 9.52. The molecule has 1 aromatic heterocycles. The van der Waals surface area contributed by atoms with Crippen LogP contribution in [-0.2, 0) is 11.2 Å². The number of nitrogens with one attached hydrogen (secondary N) is 2. The van der Waals surface area contributed by atoms with Gasteiger partial charge in [-0.1, -0.05) is 0 Å². The Morgan fingerprint density at radius 2 is 2.25 bits per heavy atom. The van der Waals surface area contributed by atoms with Gasteiger partial charge in [0, 0.05) is 11.4 Å². The average molecular weight is 381 g/mol. The van der Waals surface area contributed by atoms with E-state index in [1.165, 1.54) is 0 Å². The van der Waals surface area contributed by atoms with E-state index in [0.29, 0.717) is 18.7 Å². The molecule has 3 N–H and O–H groups in total. The summed E-state index contributed by atoms with van der Waals surface area (Å²) in [5.74, 6) is -0.308. The Balaban J connectivity index is 2.28. The summed E-state index contributed by atoms with van der Waals surface area (Å²) < 4.78 is 1.06. The molecule has 2 amide bonds. The van der Waals surface area contributed by atoms with Gasteiger partial charge in [-0.05, 0) is 52.9 Å². The van der Waals surface area contributed by atoms with Gasteiger partial charge in [0.1, 0.15) is 6.04 Å². The van der Waals surface area contributed by atoms with E-state index in [-0.39, 0.29) is 0 Å². The van der Waals surface area contributed by atoms with E-state index in [1.54, 1.807) is 23.1 Å². The molecule has 20 heavy (non-hydrogen) atoms. The monoisotopic (exact) mass is 380 g/mol. The number of halogens is 1. The second kappa shape index (κ2) is 9.25. The number of carbonyl (C=O) groups is 2. The first-order valence-electron chi connectivity index (χ1n) is 6.03. The van der Waals surface area contributed by atoms with Crippen LogP contribution in [0.1, 0.15) is 11.3 Å². The van der Waals surface area contributed by atoms with Gasteiger partial charge in [0.05, 0.1) is 3.79 Å². The number of amides is 2. The van der Waals surface area contributed by atoms with Gasteiger partial charge in [-0.15, -0.1) is 11.3 Å². The molecule has 0 unspecified atom stereocenters. The van der Waals surface area contributed by atoms with Crippen LogP contribution in [-0.4, -0.2) is 41.7 Å². The lowest BCUT2D eigenvalue weighted by atomic mass is 10.2. The number of carboxylic acid groups (broad SMARTS) is 1. The van der Waals surface area contributed by atoms with Crippen molar-refractivity contribution in [3.05, 3.63) is 20.8 Å². The minimum atomic E-state index is -1.00. The maximum Gasteiger partial charge on any atom is 0.326 e. The van der Waals surface area contributed by atoms with Crippen LogP contribution < -0.4 is 10.6 Å². The van der Waals surface area contributed by atoms with Crippen molar-refractivity contribution >= 4 is 51.0 Å². The first kappa shape index (κ1) is 17.3. The second-order valence-corrected chi connectivity index (χ2v) is 7.56. The summed E-state index contributed by atoms with van der Waals surface area (Å²) in [7, 11) is 0. The van der Waals surface area contributed by atoms with Crippen LogP contribution in [0.15, 0.2) is 15.9 Å². The number of thioether (sulfide) groups is 1. The Hall–Kier alpha value is -0.730. The molecule has 0 fully saturated rings. The molecule has 1 atom stereocenters. The lowest BCUT2D eigenvalue weighted by Gasteiger charge is -2.14. The molecular formula is C12H17BrN2O3S2. The van der Waals surface area contributed by atoms with Crippen LogP contribution in [0.5, 0.6) is 0 Å². The third kappa shape index (κ3) is 6.62. The van der Waals surface area contributed by atoms with Crippen molar-refractivity contribution in [2.24, 2.45) is 0 Å². The zero-order valence-electron chi connectivity index (χ0n) is 11.0. The fourth-order valence-corrected chi connectivity index (χ4v) is 3.44. The summed E-state index contributed by atoms with van der Waals surface area (Å²) in [5.41, 5.74) is 0. The van der Waals surface area contributed by atoms with E-state index in [9.17, 15) is 9.59 Å². The molecule has 0 aliphatic heterocycles. The van der Waals surface area contributed by atoms with Crippen molar-refractivity contribution in [1.82, 2.24) is 10.6 Å². The molecule has 0 radical (unpaired) electrons. The molecule has 0 bridgehead atoms. The van der Waals surface area contributed by atoms with Gasteiger partial charge in [0.2, 0.25) is 0 Å². The number of aliphatic carboxylic acids is 1. The predicted molar refractivity (Wildman–Crippen MR) is 86.7 cm³/mol. The number of rotatable bonds is 8. The Bertz CT molecular complexity index is 454. The van der Waals surface area contributed by atoms with Gasteiger partial charge in [0.15, 0.2) is 0 Å². The van der Waals surface area contributed by atoms with Crippen LogP contribution in [0.4, 0.5) is 4.79 Å². The normalized spacial score (nSPS) is 11.9. The van der Waals surface area contributed by atoms with Gasteiger partial charge in [-0.3, -0.25) is 0 Å². The molecule has 0 saturated carbocycles. The van der Waals surface area contributed by atoms with E-state index in [0.717, 1.165) is 15.1 Å². The van der Waals surface area contributed by atoms with Crippen LogP contribution in [0.2, 0.25) is 0 Å². The topological polar surface area (TPSA) is 78.4 Å². The largest absolute Gasteiger partial charge is 0.480 e. The highest BCUT2D eigenvalue weighted by molar-refractivity contribution is 9.11. The minimum absolute atomic E-state index is 0.418. The van der Waals surface area contributed by atoms with Gasteiger partial charge in [-0.2, -0.15) is 11.8 Å². The van der Waals surface area contributed by atoms with E-state index in [2.05, 4.69) is 26.6 Å². The summed E-state index contributed by atoms with van der Waals surface area (Å²) in [6.07, 6.45) is 3.05. The molecule has 1 aromatic rings. The molecular weight excluding hydrogens is 364 g/mol. The fourth-order valence-electron chi connectivity index (χ4n) is 1.49. The van der Waals surface area contributed by atoms with Crippen molar-refractivity contribution in [2.45, 2.75) is 18.9 Å². The van der Waals surface area contributed by atoms with Gasteiger partial charge < -0.3 is 15.7 Å². The Kier molecular flexibility index (Phi) is 8.01. The van der Waals surface area contributed by atoms with Crippen molar-refractivity contribution < 1.29 is 14.7 Å². The molecule has 0 aliphatic rings. The maximum atomic E-state index is 11.6. The third-order valence-electron chi connectivity index (χ3n) is 2.50. The molecule has 0 spiro atoms. The summed E-state index contributed by atoms with van der Waals surface area (Å²) in [5, 5.41) is 14.1. The highest BCUT2D eigenvalue weighted by atomic mass is 79.9. The van der Waals surface area contributed by atoms with Gasteiger partial charge in [-0.25, -0.2) is 9.59 Å². The molecule has 112 valence electrons. The van der Waals surface area contributed by atoms with E-state index in [1.807, 2.05) is 18.4 Å². The lowest BCUT2D eigenvalue weighted by molar-refractivity contribution is -0.139. The summed E-state index contributed by atoms with van der Waals surface area (Å²) in [6, 6.07) is 2.68. The Labute approximate surface area is 134 Å². The zero-order chi connectivity index (χ0) is 15.0. The van der Waals surface area contributed by atoms with Crippen LogP contribution in [0, 0.1) is 0 Å². The quantitative estimate of drug-likeness (QED) is 0.647. The van der Waals surface area contributed by atoms with Crippen molar-refractivity contribution in [1.29, 1.82) is 0 Å². The zero-order valence-corrected chi connectivity index (χ0v) is 14.2. The number of hydrogen-bond donors (Lipinski definition) is 3. The molecule has 0 aliphatic carbocycles. The standard InChI is InChI=1S/C12H17BrN2O3S2/c1-19-7-5-9(11(16)17)15-12(18)14-6-4-8-2-3-10(13)20-8/h2-3,9H,4-7H2,1H3,(H,16,17)(H2,14,15,18)/t9-/m1/s1. The van der Waals surface area contributed by atoms with E-state index in [4.69, 9.17) is 5.11 Å². The number of urea groups is 1. The van der Waals surface area contributed by atoms with Crippen molar-refractivity contribution in [3.8, 4) is 0 Å². The Morgan fingerprint density at radius 3 is 2.80 bits per heavy atom. The molecule has 1 rings (SSSR count). The third-order valence-corrected chi connectivity index (χ3v) is 4.83. The molecule has 5 nitrogen and oxygen atoms in total. The summed E-state index contributed by atoms with van der Waals surface area (Å²) >= 11 is 6.55. The maximum absolute atomic E-state index is 11.6. The summed E-state index contributed by atoms with van der Waals surface area (Å²) in [4.78, 5) is 23.8. The molecule has 8 heteroatoms. The van der Waals surface area contributed by atoms with Gasteiger partial charge >= 0.3 is 12.0 Å². The number of carboxylic acids is 1. The van der Waals surface area contributed by atoms with Crippen LogP contribution in [0.3, 0.4) is 0 Å². The average Bonchev–Trinajstić information content (AvgIpc) is 2.80. The number of hydrogen-bond acceptors (Lipinski definition) is 4. The fraction of sp³-hybridized carbons (Fsp3) is 0.500. The van der Waals surface area contributed by atoms with Gasteiger partial charge in [0.25, 0.3) is 0 Å². The lowest BCUT2D eigenvalue weighted by Crippen LogP contribution is -2.46. The van der Waals surface area contributed by atoms with Crippen LogP contribution in [0.25, 0.3) is 0 Å². The highest BCUT2D eigenvalue weighted by Gasteiger charge is 2.18. The number of carbonyl (C=O) groups excluding carboxylic acids is 1. The highest BCUT2D eigenvalue weighted by Crippen LogP contribution is 2.21. The predicted octanol–water partition coefficient (Wildman–Crippen LogP) is 2.56. The van der Waals surface area contributed by atoms with E-state index >= 15 is 0 Å². The summed E-state index contributed by atoms with van der Waals surface area (Å²) in [6.45, 7) is 0.480. The molecule has 0 aromatic carbocycles. The van der Waals surface area contributed by atoms with E-state index < -0.39 is 18.0 Å². The molecule has 1 heterocycles.